The van der Waals surface area contributed by atoms with Gasteiger partial charge in [0.1, 0.15) is 24.4 Å². The lowest BCUT2D eigenvalue weighted by molar-refractivity contribution is -0.131. The Kier molecular flexibility index (Phi) is 11.5. The summed E-state index contributed by atoms with van der Waals surface area (Å²) in [6.07, 6.45) is 1.29. The minimum Gasteiger partial charge on any atom is -0.491 e. The van der Waals surface area contributed by atoms with Crippen LogP contribution in [0, 0.1) is 25.7 Å². The summed E-state index contributed by atoms with van der Waals surface area (Å²) in [4.78, 5) is 53.4. The minimum absolute atomic E-state index is 0.129. The first-order valence-electron chi connectivity index (χ1n) is 14.7. The number of para-hydroxylation sites is 1. The summed E-state index contributed by atoms with van der Waals surface area (Å²) in [6, 6.07) is 4.46. The van der Waals surface area contributed by atoms with Gasteiger partial charge in [-0.1, -0.05) is 39.8 Å². The van der Waals surface area contributed by atoms with E-state index in [-0.39, 0.29) is 42.4 Å². The van der Waals surface area contributed by atoms with Crippen molar-refractivity contribution < 1.29 is 23.9 Å². The quantitative estimate of drug-likeness (QED) is 0.376. The molecule has 3 atom stereocenters. The van der Waals surface area contributed by atoms with Gasteiger partial charge >= 0.3 is 0 Å². The number of carbonyl (C=O) groups excluding carboxylic acids is 4. The number of nitrogens with one attached hydrogen (secondary N) is 4. The molecule has 0 fully saturated rings. The zero-order chi connectivity index (χ0) is 31.0. The van der Waals surface area contributed by atoms with Crippen molar-refractivity contribution in [2.24, 2.45) is 18.9 Å². The van der Waals surface area contributed by atoms with E-state index in [1.807, 2.05) is 34.7 Å². The molecule has 0 aliphatic carbocycles. The lowest BCUT2D eigenvalue weighted by Gasteiger charge is -2.27. The van der Waals surface area contributed by atoms with Gasteiger partial charge in [-0.15, -0.1) is 0 Å². The molecule has 230 valence electrons. The molecule has 11 heteroatoms. The molecule has 0 radical (unpaired) electrons. The average molecular weight is 583 g/mol. The van der Waals surface area contributed by atoms with Crippen molar-refractivity contribution in [2.45, 2.75) is 85.4 Å². The first-order chi connectivity index (χ1) is 19.8. The number of aryl methyl sites for hydroxylation is 2. The van der Waals surface area contributed by atoms with E-state index < -0.39 is 29.8 Å². The molecule has 11 nitrogen and oxygen atoms in total. The smallest absolute Gasteiger partial charge is 0.255 e. The number of hydrogen-bond donors (Lipinski definition) is 4. The highest BCUT2D eigenvalue weighted by Gasteiger charge is 2.30. The third kappa shape index (κ3) is 9.06. The summed E-state index contributed by atoms with van der Waals surface area (Å²) in [6.45, 7) is 12.4. The molecular formula is C31H46N6O5. The van der Waals surface area contributed by atoms with E-state index >= 15 is 0 Å². The van der Waals surface area contributed by atoms with Crippen molar-refractivity contribution in [3.05, 3.63) is 46.8 Å². The van der Waals surface area contributed by atoms with Gasteiger partial charge in [-0.05, 0) is 62.6 Å². The van der Waals surface area contributed by atoms with Crippen molar-refractivity contribution in [3.8, 4) is 5.75 Å². The van der Waals surface area contributed by atoms with Gasteiger partial charge in [0.15, 0.2) is 0 Å². The predicted octanol–water partition coefficient (Wildman–Crippen LogP) is 2.34. The highest BCUT2D eigenvalue weighted by molar-refractivity contribution is 6.01. The molecular weight excluding hydrogens is 536 g/mol. The van der Waals surface area contributed by atoms with Crippen molar-refractivity contribution in [2.75, 3.05) is 13.2 Å². The number of rotatable bonds is 8. The molecule has 3 rings (SSSR count). The molecule has 0 bridgehead atoms. The Balaban J connectivity index is 1.86. The number of nitrogens with zero attached hydrogens (tertiary/aromatic N) is 2. The molecule has 1 aliphatic rings. The molecule has 2 heterocycles. The Morgan fingerprint density at radius 2 is 1.74 bits per heavy atom. The normalized spacial score (nSPS) is 20.2. The van der Waals surface area contributed by atoms with Crippen LogP contribution in [0.2, 0.25) is 0 Å². The number of aromatic nitrogens is 2. The topological polar surface area (TPSA) is 143 Å². The van der Waals surface area contributed by atoms with Crippen LogP contribution in [-0.4, -0.2) is 64.7 Å². The second kappa shape index (κ2) is 14.8. The largest absolute Gasteiger partial charge is 0.491 e. The summed E-state index contributed by atoms with van der Waals surface area (Å²) in [5.74, 6) is -1.09. The Bertz CT molecular complexity index is 1270. The SMILES string of the molecule is Cc1nn(C)c(C)c1CCNC(=O)[C@@H]1CC(=O)N[C@@H](CC(C)C)C(=O)N[C@H](CC(C)C)COc2ccccc2C(=O)N1. The van der Waals surface area contributed by atoms with Gasteiger partial charge in [0.05, 0.1) is 23.7 Å². The van der Waals surface area contributed by atoms with Crippen molar-refractivity contribution in [1.82, 2.24) is 31.0 Å². The Labute approximate surface area is 248 Å². The Hall–Kier alpha value is -3.89. The summed E-state index contributed by atoms with van der Waals surface area (Å²) >= 11 is 0. The van der Waals surface area contributed by atoms with Gasteiger partial charge in [-0.25, -0.2) is 0 Å². The van der Waals surface area contributed by atoms with Crippen LogP contribution in [-0.2, 0) is 27.9 Å². The zero-order valence-corrected chi connectivity index (χ0v) is 25.9. The molecule has 1 aromatic heterocycles. The van der Waals surface area contributed by atoms with E-state index in [9.17, 15) is 19.2 Å². The van der Waals surface area contributed by atoms with E-state index in [4.69, 9.17) is 4.74 Å². The van der Waals surface area contributed by atoms with Crippen molar-refractivity contribution >= 4 is 23.6 Å². The first kappa shape index (κ1) is 32.6. The lowest BCUT2D eigenvalue weighted by atomic mass is 10.00. The van der Waals surface area contributed by atoms with E-state index in [0.29, 0.717) is 31.6 Å². The highest BCUT2D eigenvalue weighted by Crippen LogP contribution is 2.20. The molecule has 1 aromatic carbocycles. The maximum absolute atomic E-state index is 13.4. The van der Waals surface area contributed by atoms with Gasteiger partial charge in [-0.2, -0.15) is 5.10 Å². The molecule has 0 unspecified atom stereocenters. The highest BCUT2D eigenvalue weighted by atomic mass is 16.5. The lowest BCUT2D eigenvalue weighted by Crippen LogP contribution is -2.54. The summed E-state index contributed by atoms with van der Waals surface area (Å²) in [7, 11) is 1.87. The van der Waals surface area contributed by atoms with Gasteiger partial charge in [0.25, 0.3) is 5.91 Å². The first-order valence-corrected chi connectivity index (χ1v) is 14.7. The number of carbonyl (C=O) groups is 4. The molecule has 4 N–H and O–H groups in total. The fraction of sp³-hybridized carbons (Fsp3) is 0.581. The molecule has 42 heavy (non-hydrogen) atoms. The van der Waals surface area contributed by atoms with Crippen LogP contribution in [0.5, 0.6) is 5.75 Å². The predicted molar refractivity (Wildman–Crippen MR) is 160 cm³/mol. The Morgan fingerprint density at radius 3 is 2.38 bits per heavy atom. The molecule has 2 aromatic rings. The molecule has 1 aliphatic heterocycles. The number of amides is 4. The molecule has 0 spiro atoms. The third-order valence-electron chi connectivity index (χ3n) is 7.38. The number of hydrogen-bond acceptors (Lipinski definition) is 6. The number of benzene rings is 1. The van der Waals surface area contributed by atoms with Gasteiger partial charge < -0.3 is 26.0 Å². The van der Waals surface area contributed by atoms with Crippen molar-refractivity contribution in [3.63, 3.8) is 0 Å². The standard InChI is InChI=1S/C31H46N6O5/c1-18(2)14-22-17-42-27-11-9-8-10-24(27)29(39)35-26(16-28(38)34-25(15-19(3)4)31(41)33-22)30(40)32-13-12-23-20(5)36-37(7)21(23)6/h8-11,18-19,22,25-26H,12-17H2,1-7H3,(H,32,40)(H,33,41)(H,34,38)(H,35,39)/t22-,25+,26+/m1/s1. The average Bonchev–Trinajstić information content (AvgIpc) is 3.15. The van der Waals surface area contributed by atoms with Crippen LogP contribution in [0.25, 0.3) is 0 Å². The van der Waals surface area contributed by atoms with Crippen LogP contribution in [0.4, 0.5) is 0 Å². The Morgan fingerprint density at radius 1 is 1.05 bits per heavy atom. The second-order valence-electron chi connectivity index (χ2n) is 11.9. The summed E-state index contributed by atoms with van der Waals surface area (Å²) in [5.41, 5.74) is 3.17. The van der Waals surface area contributed by atoms with Crippen molar-refractivity contribution in [1.29, 1.82) is 0 Å². The van der Waals surface area contributed by atoms with E-state index in [2.05, 4.69) is 40.2 Å². The van der Waals surface area contributed by atoms with E-state index in [0.717, 1.165) is 17.0 Å². The summed E-state index contributed by atoms with van der Waals surface area (Å²) < 4.78 is 7.86. The monoisotopic (exact) mass is 582 g/mol. The van der Waals surface area contributed by atoms with Gasteiger partial charge in [0, 0.05) is 19.3 Å². The fourth-order valence-corrected chi connectivity index (χ4v) is 5.21. The van der Waals surface area contributed by atoms with E-state index in [1.165, 1.54) is 0 Å². The fourth-order valence-electron chi connectivity index (χ4n) is 5.21. The van der Waals surface area contributed by atoms with Gasteiger partial charge in [-0.3, -0.25) is 23.9 Å². The third-order valence-corrected chi connectivity index (χ3v) is 7.38. The van der Waals surface area contributed by atoms with Crippen LogP contribution in [0.3, 0.4) is 0 Å². The second-order valence-corrected chi connectivity index (χ2v) is 11.9. The minimum atomic E-state index is -1.17. The van der Waals surface area contributed by atoms with E-state index in [1.54, 1.807) is 28.9 Å². The summed E-state index contributed by atoms with van der Waals surface area (Å²) in [5, 5.41) is 15.9. The molecule has 4 amide bonds. The van der Waals surface area contributed by atoms with Crippen LogP contribution in [0.1, 0.15) is 74.3 Å². The number of fused-ring (bicyclic) bond motifs is 1. The molecule has 0 saturated heterocycles. The van der Waals surface area contributed by atoms with Crippen LogP contribution >= 0.6 is 0 Å². The molecule has 0 saturated carbocycles. The van der Waals surface area contributed by atoms with Crippen LogP contribution < -0.4 is 26.0 Å². The van der Waals surface area contributed by atoms with Gasteiger partial charge in [0.2, 0.25) is 17.7 Å². The number of ether oxygens (including phenoxy) is 1. The zero-order valence-electron chi connectivity index (χ0n) is 25.9. The maximum Gasteiger partial charge on any atom is 0.255 e. The maximum atomic E-state index is 13.4. The van der Waals surface area contributed by atoms with Crippen LogP contribution in [0.15, 0.2) is 24.3 Å².